The third kappa shape index (κ3) is 4.69. The lowest BCUT2D eigenvalue weighted by Gasteiger charge is -2.27. The van der Waals surface area contributed by atoms with Crippen LogP contribution >= 0.6 is 12.4 Å². The Kier molecular flexibility index (Phi) is 8.18. The standard InChI is InChI=1S/C17H24N2O4.ClH/c1-2-6-13-11-23-17(22)19(13)16(21)14(15(20)10-18)9-12-7-4-3-5-8-12;/h3-5,7-8,13-15,20H,2,6,9-11,18H2,1H3;1H/t13-,14+,15+;/m0./s1. The van der Waals surface area contributed by atoms with E-state index in [1.165, 1.54) is 0 Å². The average Bonchev–Trinajstić information content (AvgIpc) is 2.93. The Morgan fingerprint density at radius 1 is 1.42 bits per heavy atom. The van der Waals surface area contributed by atoms with E-state index in [-0.39, 0.29) is 31.6 Å². The number of hydrogen-bond donors (Lipinski definition) is 2. The highest BCUT2D eigenvalue weighted by Crippen LogP contribution is 2.23. The van der Waals surface area contributed by atoms with Gasteiger partial charge in [-0.25, -0.2) is 9.69 Å². The lowest BCUT2D eigenvalue weighted by Crippen LogP contribution is -2.48. The van der Waals surface area contributed by atoms with Gasteiger partial charge in [-0.15, -0.1) is 12.4 Å². The summed E-state index contributed by atoms with van der Waals surface area (Å²) in [6.07, 6.45) is 0.233. The molecular weight excluding hydrogens is 332 g/mol. The number of carbonyl (C=O) groups excluding carboxylic acids is 2. The molecule has 24 heavy (non-hydrogen) atoms. The number of aliphatic hydroxyl groups excluding tert-OH is 1. The molecule has 1 aromatic carbocycles. The van der Waals surface area contributed by atoms with Crippen LogP contribution in [0.15, 0.2) is 30.3 Å². The predicted octanol–water partition coefficient (Wildman–Crippen LogP) is 1.73. The molecule has 1 aliphatic rings. The number of nitrogens with zero attached hydrogens (tertiary/aromatic N) is 1. The van der Waals surface area contributed by atoms with E-state index < -0.39 is 24.0 Å². The van der Waals surface area contributed by atoms with Crippen molar-refractivity contribution in [2.45, 2.75) is 38.3 Å². The normalized spacial score (nSPS) is 19.4. The van der Waals surface area contributed by atoms with Crippen molar-refractivity contribution in [1.82, 2.24) is 4.90 Å². The lowest BCUT2D eigenvalue weighted by atomic mass is 9.92. The maximum absolute atomic E-state index is 12.9. The molecule has 6 nitrogen and oxygen atoms in total. The van der Waals surface area contributed by atoms with Gasteiger partial charge in [0, 0.05) is 6.54 Å². The van der Waals surface area contributed by atoms with Crippen molar-refractivity contribution in [2.75, 3.05) is 13.2 Å². The molecule has 2 rings (SSSR count). The minimum absolute atomic E-state index is 0. The van der Waals surface area contributed by atoms with Crippen LogP contribution < -0.4 is 5.73 Å². The van der Waals surface area contributed by atoms with E-state index in [1.807, 2.05) is 37.3 Å². The number of imide groups is 1. The highest BCUT2D eigenvalue weighted by atomic mass is 35.5. The number of nitrogens with two attached hydrogens (primary N) is 1. The van der Waals surface area contributed by atoms with Crippen molar-refractivity contribution in [3.05, 3.63) is 35.9 Å². The molecule has 7 heteroatoms. The van der Waals surface area contributed by atoms with Crippen LogP contribution in [-0.2, 0) is 16.0 Å². The van der Waals surface area contributed by atoms with E-state index in [2.05, 4.69) is 0 Å². The highest BCUT2D eigenvalue weighted by Gasteiger charge is 2.42. The van der Waals surface area contributed by atoms with Crippen LogP contribution in [0.1, 0.15) is 25.3 Å². The topological polar surface area (TPSA) is 92.9 Å². The SMILES string of the molecule is CCC[C@H]1COC(=O)N1C(=O)[C@H](Cc1ccccc1)[C@H](O)CN.Cl. The molecule has 1 fully saturated rings. The van der Waals surface area contributed by atoms with Gasteiger partial charge in [0.15, 0.2) is 0 Å². The first-order valence-corrected chi connectivity index (χ1v) is 8.00. The highest BCUT2D eigenvalue weighted by molar-refractivity contribution is 5.95. The quantitative estimate of drug-likeness (QED) is 0.776. The van der Waals surface area contributed by atoms with Gasteiger partial charge in [-0.1, -0.05) is 43.7 Å². The minimum Gasteiger partial charge on any atom is -0.447 e. The molecule has 0 unspecified atom stereocenters. The Bertz CT molecular complexity index is 541. The van der Waals surface area contributed by atoms with Crippen LogP contribution in [0, 0.1) is 5.92 Å². The Morgan fingerprint density at radius 3 is 2.67 bits per heavy atom. The van der Waals surface area contributed by atoms with E-state index in [1.54, 1.807) is 0 Å². The molecule has 0 bridgehead atoms. The number of amides is 2. The number of cyclic esters (lactones) is 1. The van der Waals surface area contributed by atoms with Crippen LogP contribution in [0.5, 0.6) is 0 Å². The van der Waals surface area contributed by atoms with Gasteiger partial charge in [-0.2, -0.15) is 0 Å². The number of rotatable bonds is 7. The molecule has 3 atom stereocenters. The maximum atomic E-state index is 12.9. The zero-order valence-electron chi connectivity index (χ0n) is 13.8. The summed E-state index contributed by atoms with van der Waals surface area (Å²) in [5.41, 5.74) is 6.47. The third-order valence-corrected chi connectivity index (χ3v) is 4.14. The predicted molar refractivity (Wildman–Crippen MR) is 92.8 cm³/mol. The number of carbonyl (C=O) groups is 2. The summed E-state index contributed by atoms with van der Waals surface area (Å²) in [4.78, 5) is 26.0. The fourth-order valence-corrected chi connectivity index (χ4v) is 2.88. The van der Waals surface area contributed by atoms with Gasteiger partial charge < -0.3 is 15.6 Å². The number of hydrogen-bond acceptors (Lipinski definition) is 5. The smallest absolute Gasteiger partial charge is 0.416 e. The lowest BCUT2D eigenvalue weighted by molar-refractivity contribution is -0.137. The molecule has 1 aliphatic heterocycles. The van der Waals surface area contributed by atoms with Crippen LogP contribution in [-0.4, -0.2) is 47.3 Å². The number of halogens is 1. The van der Waals surface area contributed by atoms with Gasteiger partial charge in [0.25, 0.3) is 0 Å². The molecule has 1 aromatic rings. The Labute approximate surface area is 148 Å². The second-order valence-corrected chi connectivity index (χ2v) is 5.83. The van der Waals surface area contributed by atoms with Gasteiger partial charge in [0.1, 0.15) is 6.61 Å². The van der Waals surface area contributed by atoms with Crippen LogP contribution in [0.4, 0.5) is 4.79 Å². The maximum Gasteiger partial charge on any atom is 0.416 e. The van der Waals surface area contributed by atoms with E-state index in [0.717, 1.165) is 16.9 Å². The molecule has 2 amide bonds. The fraction of sp³-hybridized carbons (Fsp3) is 0.529. The molecule has 0 saturated carbocycles. The van der Waals surface area contributed by atoms with Gasteiger partial charge >= 0.3 is 6.09 Å². The van der Waals surface area contributed by atoms with Crippen molar-refractivity contribution >= 4 is 24.4 Å². The second kappa shape index (κ2) is 9.61. The summed E-state index contributed by atoms with van der Waals surface area (Å²) in [5, 5.41) is 10.2. The number of benzene rings is 1. The Hall–Kier alpha value is -1.63. The molecule has 0 aromatic heterocycles. The van der Waals surface area contributed by atoms with Gasteiger partial charge in [0.2, 0.25) is 5.91 Å². The third-order valence-electron chi connectivity index (χ3n) is 4.14. The first-order chi connectivity index (χ1) is 11.1. The van der Waals surface area contributed by atoms with Crippen LogP contribution in [0.2, 0.25) is 0 Å². The van der Waals surface area contributed by atoms with Crippen LogP contribution in [0.3, 0.4) is 0 Å². The van der Waals surface area contributed by atoms with E-state index in [0.29, 0.717) is 12.8 Å². The fourth-order valence-electron chi connectivity index (χ4n) is 2.88. The molecule has 0 aliphatic carbocycles. The summed E-state index contributed by atoms with van der Waals surface area (Å²) in [5.74, 6) is -1.17. The zero-order chi connectivity index (χ0) is 16.8. The Balaban J connectivity index is 0.00000288. The largest absolute Gasteiger partial charge is 0.447 e. The van der Waals surface area contributed by atoms with Crippen molar-refractivity contribution in [1.29, 1.82) is 0 Å². The average molecular weight is 357 g/mol. The summed E-state index contributed by atoms with van der Waals surface area (Å²) in [6, 6.07) is 9.13. The molecule has 0 spiro atoms. The summed E-state index contributed by atoms with van der Waals surface area (Å²) < 4.78 is 5.02. The molecule has 134 valence electrons. The van der Waals surface area contributed by atoms with E-state index >= 15 is 0 Å². The van der Waals surface area contributed by atoms with Crippen molar-refractivity contribution < 1.29 is 19.4 Å². The first kappa shape index (κ1) is 20.4. The first-order valence-electron chi connectivity index (χ1n) is 8.00. The monoisotopic (exact) mass is 356 g/mol. The Morgan fingerprint density at radius 2 is 2.08 bits per heavy atom. The summed E-state index contributed by atoms with van der Waals surface area (Å²) in [6.45, 7) is 2.17. The minimum atomic E-state index is -1.00. The van der Waals surface area contributed by atoms with Crippen molar-refractivity contribution in [3.63, 3.8) is 0 Å². The number of aliphatic hydroxyl groups is 1. The molecule has 1 heterocycles. The van der Waals surface area contributed by atoms with Gasteiger partial charge in [0.05, 0.1) is 18.1 Å². The molecular formula is C17H25ClN2O4. The summed E-state index contributed by atoms with van der Waals surface area (Å²) in [7, 11) is 0. The molecule has 0 radical (unpaired) electrons. The molecule has 1 saturated heterocycles. The summed E-state index contributed by atoms with van der Waals surface area (Å²) >= 11 is 0. The van der Waals surface area contributed by atoms with Crippen LogP contribution in [0.25, 0.3) is 0 Å². The van der Waals surface area contributed by atoms with E-state index in [9.17, 15) is 14.7 Å². The number of ether oxygens (including phenoxy) is 1. The zero-order valence-corrected chi connectivity index (χ0v) is 14.6. The van der Waals surface area contributed by atoms with E-state index in [4.69, 9.17) is 10.5 Å². The van der Waals surface area contributed by atoms with Crippen molar-refractivity contribution in [2.24, 2.45) is 11.7 Å². The second-order valence-electron chi connectivity index (χ2n) is 5.83. The molecule has 3 N–H and O–H groups in total. The van der Waals surface area contributed by atoms with Gasteiger partial charge in [-0.05, 0) is 18.4 Å². The van der Waals surface area contributed by atoms with Crippen molar-refractivity contribution in [3.8, 4) is 0 Å². The van der Waals surface area contributed by atoms with Gasteiger partial charge in [-0.3, -0.25) is 4.79 Å².